The number of carboxylic acids is 1. The van der Waals surface area contributed by atoms with Gasteiger partial charge in [-0.25, -0.2) is 9.78 Å². The molecule has 1 aromatic heterocycles. The SMILES string of the molecule is C[C@@H](Oc1ncc(Br)cc1[N+](=O)[O-])C(=O)O. The number of pyridine rings is 1. The molecule has 0 aromatic carbocycles. The third-order valence-corrected chi connectivity index (χ3v) is 2.07. The molecule has 1 heterocycles. The monoisotopic (exact) mass is 290 g/mol. The Morgan fingerprint density at radius 1 is 1.75 bits per heavy atom. The fraction of sp³-hybridized carbons (Fsp3) is 0.250. The molecule has 1 rings (SSSR count). The Kier molecular flexibility index (Phi) is 3.78. The number of hydrogen-bond acceptors (Lipinski definition) is 5. The van der Waals surface area contributed by atoms with Crippen LogP contribution >= 0.6 is 15.9 Å². The summed E-state index contributed by atoms with van der Waals surface area (Å²) in [4.78, 5) is 24.1. The molecule has 0 aliphatic carbocycles. The Morgan fingerprint density at radius 3 is 2.88 bits per heavy atom. The van der Waals surface area contributed by atoms with Crippen molar-refractivity contribution in [1.29, 1.82) is 0 Å². The highest BCUT2D eigenvalue weighted by Crippen LogP contribution is 2.27. The predicted molar refractivity (Wildman–Crippen MR) is 56.3 cm³/mol. The van der Waals surface area contributed by atoms with Crippen molar-refractivity contribution in [2.24, 2.45) is 0 Å². The second-order valence-electron chi connectivity index (χ2n) is 2.83. The van der Waals surface area contributed by atoms with Crippen LogP contribution in [0.15, 0.2) is 16.7 Å². The lowest BCUT2D eigenvalue weighted by Gasteiger charge is -2.09. The van der Waals surface area contributed by atoms with Crippen molar-refractivity contribution < 1.29 is 19.6 Å². The van der Waals surface area contributed by atoms with Crippen LogP contribution < -0.4 is 4.74 Å². The molecule has 0 saturated carbocycles. The van der Waals surface area contributed by atoms with Gasteiger partial charge in [-0.05, 0) is 22.9 Å². The van der Waals surface area contributed by atoms with E-state index < -0.39 is 17.0 Å². The van der Waals surface area contributed by atoms with Crippen molar-refractivity contribution in [2.45, 2.75) is 13.0 Å². The normalized spacial score (nSPS) is 11.9. The molecule has 0 aliphatic heterocycles. The summed E-state index contributed by atoms with van der Waals surface area (Å²) in [5.74, 6) is -1.54. The van der Waals surface area contributed by atoms with Gasteiger partial charge in [0.1, 0.15) is 0 Å². The molecule has 0 radical (unpaired) electrons. The molecule has 1 N–H and O–H groups in total. The first-order valence-corrected chi connectivity index (χ1v) is 4.90. The minimum atomic E-state index is -1.22. The van der Waals surface area contributed by atoms with E-state index in [-0.39, 0.29) is 11.6 Å². The maximum absolute atomic E-state index is 10.6. The predicted octanol–water partition coefficient (Wildman–Crippen LogP) is 1.60. The van der Waals surface area contributed by atoms with Crippen LogP contribution in [0.2, 0.25) is 0 Å². The molecule has 0 amide bonds. The van der Waals surface area contributed by atoms with Gasteiger partial charge in [-0.1, -0.05) is 0 Å². The van der Waals surface area contributed by atoms with Gasteiger partial charge in [0.2, 0.25) is 0 Å². The van der Waals surface area contributed by atoms with Crippen LogP contribution in [0.4, 0.5) is 5.69 Å². The van der Waals surface area contributed by atoms with Gasteiger partial charge in [-0.3, -0.25) is 10.1 Å². The highest BCUT2D eigenvalue weighted by atomic mass is 79.9. The van der Waals surface area contributed by atoms with Gasteiger partial charge in [0.25, 0.3) is 5.88 Å². The molecule has 8 heteroatoms. The van der Waals surface area contributed by atoms with Gasteiger partial charge in [0, 0.05) is 16.7 Å². The Hall–Kier alpha value is -1.70. The number of aliphatic carboxylic acids is 1. The van der Waals surface area contributed by atoms with E-state index in [1.165, 1.54) is 19.2 Å². The molecule has 16 heavy (non-hydrogen) atoms. The van der Waals surface area contributed by atoms with Gasteiger partial charge in [0.05, 0.1) is 4.92 Å². The fourth-order valence-corrected chi connectivity index (χ4v) is 1.17. The first-order valence-electron chi connectivity index (χ1n) is 4.11. The smallest absolute Gasteiger partial charge is 0.344 e. The third-order valence-electron chi connectivity index (χ3n) is 1.63. The maximum Gasteiger partial charge on any atom is 0.344 e. The van der Waals surface area contributed by atoms with E-state index in [0.29, 0.717) is 4.47 Å². The van der Waals surface area contributed by atoms with E-state index in [1.807, 2.05) is 0 Å². The highest BCUT2D eigenvalue weighted by molar-refractivity contribution is 9.10. The van der Waals surface area contributed by atoms with Gasteiger partial charge in [-0.2, -0.15) is 0 Å². The zero-order valence-electron chi connectivity index (χ0n) is 8.08. The lowest BCUT2D eigenvalue weighted by molar-refractivity contribution is -0.386. The molecular weight excluding hydrogens is 284 g/mol. The number of aromatic nitrogens is 1. The van der Waals surface area contributed by atoms with Crippen LogP contribution in [0.1, 0.15) is 6.92 Å². The van der Waals surface area contributed by atoms with Crippen molar-refractivity contribution in [3.8, 4) is 5.88 Å². The molecular formula is C8H7BrN2O5. The van der Waals surface area contributed by atoms with E-state index in [0.717, 1.165) is 0 Å². The second-order valence-corrected chi connectivity index (χ2v) is 3.75. The number of hydrogen-bond donors (Lipinski definition) is 1. The van der Waals surface area contributed by atoms with E-state index in [2.05, 4.69) is 20.9 Å². The summed E-state index contributed by atoms with van der Waals surface area (Å²) < 4.78 is 5.26. The molecule has 1 atom stereocenters. The van der Waals surface area contributed by atoms with E-state index >= 15 is 0 Å². The number of nitro groups is 1. The molecule has 0 spiro atoms. The second kappa shape index (κ2) is 4.88. The summed E-state index contributed by atoms with van der Waals surface area (Å²) in [6, 6.07) is 1.19. The van der Waals surface area contributed by atoms with Crippen molar-refractivity contribution in [3.05, 3.63) is 26.9 Å². The van der Waals surface area contributed by atoms with E-state index in [9.17, 15) is 14.9 Å². The standard InChI is InChI=1S/C8H7BrN2O5/c1-4(8(12)13)16-7-6(11(14)15)2-5(9)3-10-7/h2-4H,1H3,(H,12,13)/t4-/m1/s1. The summed E-state index contributed by atoms with van der Waals surface area (Å²) >= 11 is 3.02. The Labute approximate surface area is 98.3 Å². The van der Waals surface area contributed by atoms with Crippen molar-refractivity contribution >= 4 is 27.6 Å². The van der Waals surface area contributed by atoms with Crippen molar-refractivity contribution in [1.82, 2.24) is 4.98 Å². The average Bonchev–Trinajstić information content (AvgIpc) is 2.20. The minimum absolute atomic E-state index is 0.317. The number of carboxylic acid groups (broad SMARTS) is 1. The quantitative estimate of drug-likeness (QED) is 0.667. The molecule has 0 bridgehead atoms. The highest BCUT2D eigenvalue weighted by Gasteiger charge is 2.22. The van der Waals surface area contributed by atoms with Crippen LogP contribution in [-0.4, -0.2) is 27.1 Å². The van der Waals surface area contributed by atoms with Crippen LogP contribution in [-0.2, 0) is 4.79 Å². The van der Waals surface area contributed by atoms with Gasteiger partial charge >= 0.3 is 11.7 Å². The summed E-state index contributed by atoms with van der Waals surface area (Å²) in [6.07, 6.45) is 0.0871. The number of carbonyl (C=O) groups is 1. The topological polar surface area (TPSA) is 103 Å². The number of ether oxygens (including phenoxy) is 1. The van der Waals surface area contributed by atoms with Crippen LogP contribution in [0, 0.1) is 10.1 Å². The van der Waals surface area contributed by atoms with E-state index in [1.54, 1.807) is 0 Å². The number of rotatable bonds is 4. The Morgan fingerprint density at radius 2 is 2.38 bits per heavy atom. The summed E-state index contributed by atoms with van der Waals surface area (Å²) in [5.41, 5.74) is -0.387. The molecule has 0 saturated heterocycles. The number of halogens is 1. The van der Waals surface area contributed by atoms with Gasteiger partial charge < -0.3 is 9.84 Å². The van der Waals surface area contributed by atoms with Crippen LogP contribution in [0.5, 0.6) is 5.88 Å². The van der Waals surface area contributed by atoms with Crippen LogP contribution in [0.25, 0.3) is 0 Å². The van der Waals surface area contributed by atoms with Crippen molar-refractivity contribution in [3.63, 3.8) is 0 Å². The average molecular weight is 291 g/mol. The number of nitrogens with zero attached hydrogens (tertiary/aromatic N) is 2. The van der Waals surface area contributed by atoms with Gasteiger partial charge in [-0.15, -0.1) is 0 Å². The Bertz CT molecular complexity index is 436. The first kappa shape index (κ1) is 12.4. The summed E-state index contributed by atoms with van der Waals surface area (Å²) in [7, 11) is 0. The minimum Gasteiger partial charge on any atom is -0.479 e. The molecule has 1 aromatic rings. The molecule has 7 nitrogen and oxygen atoms in total. The lowest BCUT2D eigenvalue weighted by Crippen LogP contribution is -2.23. The largest absolute Gasteiger partial charge is 0.479 e. The Balaban J connectivity index is 3.04. The molecule has 86 valence electrons. The lowest BCUT2D eigenvalue weighted by atomic mass is 10.4. The third kappa shape index (κ3) is 2.89. The molecule has 0 aliphatic rings. The zero-order chi connectivity index (χ0) is 12.3. The summed E-state index contributed by atoms with van der Waals surface area (Å²) in [6.45, 7) is 1.26. The first-order chi connectivity index (χ1) is 7.41. The molecule has 0 unspecified atom stereocenters. The van der Waals surface area contributed by atoms with Gasteiger partial charge in [0.15, 0.2) is 6.10 Å². The zero-order valence-corrected chi connectivity index (χ0v) is 9.67. The van der Waals surface area contributed by atoms with Crippen LogP contribution in [0.3, 0.4) is 0 Å². The summed E-state index contributed by atoms with van der Waals surface area (Å²) in [5, 5.41) is 19.2. The van der Waals surface area contributed by atoms with E-state index in [4.69, 9.17) is 9.84 Å². The maximum atomic E-state index is 10.6. The molecule has 0 fully saturated rings. The fourth-order valence-electron chi connectivity index (χ4n) is 0.855. The van der Waals surface area contributed by atoms with Crippen molar-refractivity contribution in [2.75, 3.05) is 0 Å².